The molecule has 3 heterocycles. The van der Waals surface area contributed by atoms with E-state index in [0.29, 0.717) is 18.5 Å². The van der Waals surface area contributed by atoms with Gasteiger partial charge in [-0.1, -0.05) is 6.07 Å². The van der Waals surface area contributed by atoms with E-state index in [1.807, 2.05) is 13.0 Å². The van der Waals surface area contributed by atoms with Crippen LogP contribution >= 0.6 is 0 Å². The van der Waals surface area contributed by atoms with Crippen molar-refractivity contribution in [2.75, 3.05) is 14.2 Å². The minimum Gasteiger partial charge on any atom is -0.367 e. The normalized spacial score (nSPS) is 33.0. The molecule has 2 saturated heterocycles. The van der Waals surface area contributed by atoms with Crippen LogP contribution in [0.5, 0.6) is 0 Å². The standard InChI is InChI=1S/C16H21N3O3/c1-10-4-5-12(18-9-10)13(20)16(22-3)7-6-11-8-15(16,19-11)14(21)17-2/h4-5,9,11,19H,6-8H2,1-3H3,(H,17,21). The number of ketones is 1. The molecule has 3 unspecified atom stereocenters. The van der Waals surface area contributed by atoms with Crippen molar-refractivity contribution in [3.8, 4) is 0 Å². The van der Waals surface area contributed by atoms with Gasteiger partial charge in [0.15, 0.2) is 5.60 Å². The molecule has 1 amide bonds. The number of piperidine rings is 1. The maximum Gasteiger partial charge on any atom is 0.243 e. The molecule has 1 aromatic heterocycles. The van der Waals surface area contributed by atoms with Gasteiger partial charge in [0.25, 0.3) is 0 Å². The molecule has 1 aliphatic carbocycles. The summed E-state index contributed by atoms with van der Waals surface area (Å²) in [5.74, 6) is -0.435. The molecule has 2 N–H and O–H groups in total. The van der Waals surface area contributed by atoms with Crippen LogP contribution in [0.15, 0.2) is 18.3 Å². The number of carbonyl (C=O) groups is 2. The van der Waals surface area contributed by atoms with Crippen molar-refractivity contribution in [1.82, 2.24) is 15.6 Å². The van der Waals surface area contributed by atoms with Gasteiger partial charge in [0.05, 0.1) is 0 Å². The second-order valence-corrected chi connectivity index (χ2v) is 6.15. The fraction of sp³-hybridized carbons (Fsp3) is 0.562. The smallest absolute Gasteiger partial charge is 0.243 e. The molecule has 2 bridgehead atoms. The summed E-state index contributed by atoms with van der Waals surface area (Å²) in [4.78, 5) is 29.8. The SMILES string of the molecule is CNC(=O)C12CC(CCC1(OC)C(=O)c1ccc(C)cn1)N2. The number of rotatable bonds is 4. The second kappa shape index (κ2) is 5.14. The fourth-order valence-corrected chi connectivity index (χ4v) is 3.78. The number of fused-ring (bicyclic) bond motifs is 2. The largest absolute Gasteiger partial charge is 0.367 e. The van der Waals surface area contributed by atoms with Crippen molar-refractivity contribution in [3.05, 3.63) is 29.6 Å². The first-order chi connectivity index (χ1) is 10.5. The van der Waals surface area contributed by atoms with Gasteiger partial charge in [-0.05, 0) is 37.8 Å². The van der Waals surface area contributed by atoms with Gasteiger partial charge in [-0.2, -0.15) is 0 Å². The zero-order valence-corrected chi connectivity index (χ0v) is 13.1. The predicted octanol–water partition coefficient (Wildman–Crippen LogP) is 0.598. The number of hydrogen-bond acceptors (Lipinski definition) is 5. The Morgan fingerprint density at radius 1 is 1.45 bits per heavy atom. The highest BCUT2D eigenvalue weighted by atomic mass is 16.5. The van der Waals surface area contributed by atoms with Crippen LogP contribution in [0.1, 0.15) is 35.3 Å². The number of hydrogen-bond donors (Lipinski definition) is 2. The Morgan fingerprint density at radius 3 is 2.73 bits per heavy atom. The van der Waals surface area contributed by atoms with E-state index in [0.717, 1.165) is 12.0 Å². The van der Waals surface area contributed by atoms with E-state index in [1.165, 1.54) is 7.11 Å². The summed E-state index contributed by atoms with van der Waals surface area (Å²) in [6.45, 7) is 1.91. The van der Waals surface area contributed by atoms with Gasteiger partial charge in [0.1, 0.15) is 11.2 Å². The molecule has 3 aliphatic rings. The maximum atomic E-state index is 13.1. The van der Waals surface area contributed by atoms with Gasteiger partial charge >= 0.3 is 0 Å². The first-order valence-corrected chi connectivity index (χ1v) is 7.51. The number of nitrogens with one attached hydrogen (secondary N) is 2. The van der Waals surface area contributed by atoms with Gasteiger partial charge in [0.2, 0.25) is 11.7 Å². The third-order valence-corrected chi connectivity index (χ3v) is 5.01. The molecule has 0 spiro atoms. The van der Waals surface area contributed by atoms with E-state index in [2.05, 4.69) is 15.6 Å². The van der Waals surface area contributed by atoms with Crippen LogP contribution < -0.4 is 10.6 Å². The summed E-state index contributed by atoms with van der Waals surface area (Å²) in [5, 5.41) is 5.93. The number of aryl methyl sites for hydroxylation is 1. The van der Waals surface area contributed by atoms with E-state index < -0.39 is 11.1 Å². The van der Waals surface area contributed by atoms with Gasteiger partial charge in [-0.25, -0.2) is 0 Å². The van der Waals surface area contributed by atoms with Gasteiger partial charge < -0.3 is 10.1 Å². The zero-order chi connectivity index (χ0) is 16.0. The first kappa shape index (κ1) is 15.1. The third-order valence-electron chi connectivity index (χ3n) is 5.01. The fourth-order valence-electron chi connectivity index (χ4n) is 3.78. The second-order valence-electron chi connectivity index (χ2n) is 6.15. The molecule has 1 aromatic rings. The van der Waals surface area contributed by atoms with Crippen molar-refractivity contribution < 1.29 is 14.3 Å². The quantitative estimate of drug-likeness (QED) is 0.796. The predicted molar refractivity (Wildman–Crippen MR) is 80.6 cm³/mol. The van der Waals surface area contributed by atoms with Crippen LogP contribution in [-0.2, 0) is 9.53 Å². The molecule has 2 aliphatic heterocycles. The summed E-state index contributed by atoms with van der Waals surface area (Å²) in [5.41, 5.74) is -0.884. The van der Waals surface area contributed by atoms with Crippen molar-refractivity contribution in [3.63, 3.8) is 0 Å². The summed E-state index contributed by atoms with van der Waals surface area (Å²) in [7, 11) is 3.08. The van der Waals surface area contributed by atoms with Crippen LogP contribution in [0.3, 0.4) is 0 Å². The number of aromatic nitrogens is 1. The number of amides is 1. The Balaban J connectivity index is 2.04. The summed E-state index contributed by atoms with van der Waals surface area (Å²) in [6.07, 6.45) is 3.59. The summed E-state index contributed by atoms with van der Waals surface area (Å²) in [6, 6.07) is 3.82. The highest BCUT2D eigenvalue weighted by Crippen LogP contribution is 2.48. The molecule has 118 valence electrons. The molecule has 22 heavy (non-hydrogen) atoms. The molecule has 0 aromatic carbocycles. The summed E-state index contributed by atoms with van der Waals surface area (Å²) < 4.78 is 5.69. The zero-order valence-electron chi connectivity index (χ0n) is 13.1. The number of ether oxygens (including phenoxy) is 1. The average Bonchev–Trinajstić information content (AvgIpc) is 2.52. The van der Waals surface area contributed by atoms with E-state index in [4.69, 9.17) is 4.74 Å². The Hall–Kier alpha value is -1.79. The maximum absolute atomic E-state index is 13.1. The van der Waals surface area contributed by atoms with Crippen molar-refractivity contribution in [1.29, 1.82) is 0 Å². The Labute approximate surface area is 129 Å². The monoisotopic (exact) mass is 303 g/mol. The Kier molecular flexibility index (Phi) is 3.53. The van der Waals surface area contributed by atoms with Gasteiger partial charge in [0, 0.05) is 26.4 Å². The number of Topliss-reactive ketones (excluding diaryl/α,β-unsaturated/α-hetero) is 1. The van der Waals surface area contributed by atoms with Crippen LogP contribution in [0, 0.1) is 6.92 Å². The summed E-state index contributed by atoms with van der Waals surface area (Å²) >= 11 is 0. The van der Waals surface area contributed by atoms with Gasteiger partial charge in [-0.15, -0.1) is 0 Å². The third kappa shape index (κ3) is 1.84. The molecule has 6 heteroatoms. The average molecular weight is 303 g/mol. The molecule has 3 atom stereocenters. The van der Waals surface area contributed by atoms with Crippen molar-refractivity contribution in [2.45, 2.75) is 43.4 Å². The van der Waals surface area contributed by atoms with Gasteiger partial charge in [-0.3, -0.25) is 19.9 Å². The molecule has 1 saturated carbocycles. The lowest BCUT2D eigenvalue weighted by molar-refractivity contribution is -0.165. The van der Waals surface area contributed by atoms with Crippen LogP contribution in [0.4, 0.5) is 0 Å². The molecule has 4 rings (SSSR count). The van der Waals surface area contributed by atoms with E-state index in [1.54, 1.807) is 19.3 Å². The lowest BCUT2D eigenvalue weighted by Crippen LogP contribution is -2.85. The number of methoxy groups -OCH3 is 1. The lowest BCUT2D eigenvalue weighted by Gasteiger charge is -2.61. The Morgan fingerprint density at radius 2 is 2.18 bits per heavy atom. The van der Waals surface area contributed by atoms with E-state index >= 15 is 0 Å². The highest BCUT2D eigenvalue weighted by molar-refractivity contribution is 6.08. The van der Waals surface area contributed by atoms with Crippen molar-refractivity contribution in [2.24, 2.45) is 0 Å². The number of carbonyl (C=O) groups excluding carboxylic acids is 2. The van der Waals surface area contributed by atoms with E-state index in [9.17, 15) is 9.59 Å². The first-order valence-electron chi connectivity index (χ1n) is 7.51. The minimum atomic E-state index is -1.20. The Bertz CT molecular complexity index is 608. The number of pyridine rings is 1. The van der Waals surface area contributed by atoms with Crippen LogP contribution in [-0.4, -0.2) is 48.0 Å². The van der Waals surface area contributed by atoms with Crippen LogP contribution in [0.25, 0.3) is 0 Å². The van der Waals surface area contributed by atoms with E-state index in [-0.39, 0.29) is 17.7 Å². The highest BCUT2D eigenvalue weighted by Gasteiger charge is 2.69. The molecule has 6 nitrogen and oxygen atoms in total. The topological polar surface area (TPSA) is 80.3 Å². The number of nitrogens with zero attached hydrogens (tertiary/aromatic N) is 1. The van der Waals surface area contributed by atoms with Crippen LogP contribution in [0.2, 0.25) is 0 Å². The molecule has 0 radical (unpaired) electrons. The van der Waals surface area contributed by atoms with Crippen molar-refractivity contribution >= 4 is 11.7 Å². The lowest BCUT2D eigenvalue weighted by atomic mass is 9.58. The molecular weight excluding hydrogens is 282 g/mol. The number of likely N-dealkylation sites (N-methyl/N-ethyl adjacent to an activating group) is 1. The minimum absolute atomic E-state index is 0.203. The molecular formula is C16H21N3O3. The molecule has 3 fully saturated rings.